The minimum absolute atomic E-state index is 0.0666. The summed E-state index contributed by atoms with van der Waals surface area (Å²) in [5, 5.41) is 3.01. The zero-order chi connectivity index (χ0) is 22.1. The number of ketones is 2. The normalized spacial score (nSPS) is 21.6. The lowest BCUT2D eigenvalue weighted by Crippen LogP contribution is -2.34. The molecule has 2 aliphatic carbocycles. The summed E-state index contributed by atoms with van der Waals surface area (Å²) in [6, 6.07) is 3.83. The quantitative estimate of drug-likeness (QED) is 0.743. The maximum Gasteiger partial charge on any atom is 0.220 e. The van der Waals surface area contributed by atoms with Crippen LogP contribution in [-0.2, 0) is 14.4 Å². The monoisotopic (exact) mass is 423 g/mol. The molecule has 1 N–H and O–H groups in total. The molecule has 0 saturated heterocycles. The minimum Gasteiger partial charge on any atom is -0.353 e. The number of nitrogens with one attached hydrogen (secondary N) is 1. The zero-order valence-corrected chi connectivity index (χ0v) is 17.8. The van der Waals surface area contributed by atoms with Crippen LogP contribution in [0.5, 0.6) is 0 Å². The van der Waals surface area contributed by atoms with E-state index in [1.54, 1.807) is 0 Å². The molecular weight excluding hydrogens is 397 g/mol. The van der Waals surface area contributed by atoms with Gasteiger partial charge in [0.15, 0.2) is 17.4 Å². The van der Waals surface area contributed by atoms with E-state index in [2.05, 4.69) is 15.3 Å². The van der Waals surface area contributed by atoms with Crippen LogP contribution in [0.3, 0.4) is 0 Å². The van der Waals surface area contributed by atoms with Gasteiger partial charge in [-0.2, -0.15) is 0 Å². The Morgan fingerprint density at radius 3 is 2.32 bits per heavy atom. The predicted molar refractivity (Wildman–Crippen MR) is 113 cm³/mol. The smallest absolute Gasteiger partial charge is 0.220 e. The Bertz CT molecular complexity index is 1010. The van der Waals surface area contributed by atoms with E-state index in [1.807, 2.05) is 26.0 Å². The second-order valence-electron chi connectivity index (χ2n) is 8.70. The van der Waals surface area contributed by atoms with Gasteiger partial charge >= 0.3 is 0 Å². The first-order chi connectivity index (χ1) is 14.8. The van der Waals surface area contributed by atoms with Crippen LogP contribution in [0.15, 0.2) is 24.5 Å². The minimum atomic E-state index is -0.840. The van der Waals surface area contributed by atoms with E-state index >= 15 is 0 Å². The average molecular weight is 423 g/mol. The molecule has 2 unspecified atom stereocenters. The van der Waals surface area contributed by atoms with Gasteiger partial charge in [0.05, 0.1) is 12.4 Å². The summed E-state index contributed by atoms with van der Waals surface area (Å²) in [7, 11) is 0. The van der Waals surface area contributed by atoms with E-state index in [0.717, 1.165) is 49.2 Å². The first-order valence-electron chi connectivity index (χ1n) is 10.8. The number of nitrogens with zero attached hydrogens (tertiary/aromatic N) is 2. The molecule has 2 saturated carbocycles. The van der Waals surface area contributed by atoms with E-state index in [4.69, 9.17) is 0 Å². The lowest BCUT2D eigenvalue weighted by molar-refractivity contribution is -0.129. The third-order valence-corrected chi connectivity index (χ3v) is 6.37. The topological polar surface area (TPSA) is 89.0 Å². The Hall–Kier alpha value is -2.96. The highest BCUT2D eigenvalue weighted by atomic mass is 19.1. The number of amides is 1. The van der Waals surface area contributed by atoms with E-state index in [9.17, 15) is 18.8 Å². The van der Waals surface area contributed by atoms with Crippen molar-refractivity contribution in [3.8, 4) is 11.4 Å². The van der Waals surface area contributed by atoms with Crippen molar-refractivity contribution in [3.05, 3.63) is 47.0 Å². The van der Waals surface area contributed by atoms with Crippen molar-refractivity contribution >= 4 is 17.5 Å². The number of hydrogen-bond acceptors (Lipinski definition) is 5. The van der Waals surface area contributed by atoms with Crippen molar-refractivity contribution in [2.24, 2.45) is 5.92 Å². The number of aromatic nitrogens is 2. The van der Waals surface area contributed by atoms with E-state index in [-0.39, 0.29) is 36.4 Å². The van der Waals surface area contributed by atoms with Gasteiger partial charge in [0, 0.05) is 30.4 Å². The molecule has 0 aliphatic heterocycles. The van der Waals surface area contributed by atoms with Gasteiger partial charge in [-0.05, 0) is 55.5 Å². The average Bonchev–Trinajstić information content (AvgIpc) is 3.31. The number of rotatable bonds is 5. The Balaban J connectivity index is 1.53. The largest absolute Gasteiger partial charge is 0.353 e. The summed E-state index contributed by atoms with van der Waals surface area (Å²) in [5.41, 5.74) is 2.96. The fraction of sp³-hybridized carbons (Fsp3) is 0.458. The molecule has 4 rings (SSSR count). The maximum absolute atomic E-state index is 13.1. The highest BCUT2D eigenvalue weighted by molar-refractivity contribution is 6.15. The molecule has 0 bridgehead atoms. The number of Topliss-reactive ketones (excluding diaryl/α,β-unsaturated/α-hetero) is 2. The molecule has 1 aromatic carbocycles. The molecular formula is C24H26FN3O3. The summed E-state index contributed by atoms with van der Waals surface area (Å²) >= 11 is 0. The third-order valence-electron chi connectivity index (χ3n) is 6.37. The number of carbonyl (C=O) groups is 3. The first-order valence-corrected chi connectivity index (χ1v) is 10.8. The molecule has 1 heterocycles. The van der Waals surface area contributed by atoms with Gasteiger partial charge < -0.3 is 5.32 Å². The second-order valence-corrected chi connectivity index (χ2v) is 8.70. The SMILES string of the molecule is Cc1cc(-c2ncc(F)cn2)cc(C)c1C1C(=O)CC(CC(=O)NC2CCCC2)C1=O. The Kier molecular flexibility index (Phi) is 5.94. The van der Waals surface area contributed by atoms with Gasteiger partial charge in [-0.3, -0.25) is 14.4 Å². The van der Waals surface area contributed by atoms with Crippen LogP contribution in [0.2, 0.25) is 0 Å². The maximum atomic E-state index is 13.1. The van der Waals surface area contributed by atoms with Gasteiger partial charge in [0.1, 0.15) is 11.7 Å². The molecule has 1 amide bonds. The van der Waals surface area contributed by atoms with Crippen molar-refractivity contribution < 1.29 is 18.8 Å². The molecule has 0 radical (unpaired) electrons. The number of hydrogen-bond donors (Lipinski definition) is 1. The Labute approximate surface area is 180 Å². The highest BCUT2D eigenvalue weighted by Gasteiger charge is 2.44. The van der Waals surface area contributed by atoms with Crippen LogP contribution in [0.4, 0.5) is 4.39 Å². The van der Waals surface area contributed by atoms with Crippen LogP contribution >= 0.6 is 0 Å². The predicted octanol–water partition coefficient (Wildman–Crippen LogP) is 3.59. The molecule has 7 heteroatoms. The van der Waals surface area contributed by atoms with Crippen LogP contribution in [0.25, 0.3) is 11.4 Å². The molecule has 31 heavy (non-hydrogen) atoms. The van der Waals surface area contributed by atoms with Crippen LogP contribution in [-0.4, -0.2) is 33.5 Å². The summed E-state index contributed by atoms with van der Waals surface area (Å²) < 4.78 is 13.1. The number of halogens is 1. The summed E-state index contributed by atoms with van der Waals surface area (Å²) in [4.78, 5) is 46.3. The fourth-order valence-electron chi connectivity index (χ4n) is 4.93. The standard InChI is InChI=1S/C24H26FN3O3/c1-13-7-16(24-26-11-17(25)12-27-24)8-14(2)21(13)22-19(29)9-15(23(22)31)10-20(30)28-18-5-3-4-6-18/h7-8,11-12,15,18,22H,3-6,9-10H2,1-2H3,(H,28,30). The second kappa shape index (κ2) is 8.65. The van der Waals surface area contributed by atoms with Gasteiger partial charge in [0.2, 0.25) is 5.91 Å². The van der Waals surface area contributed by atoms with E-state index in [1.165, 1.54) is 0 Å². The van der Waals surface area contributed by atoms with Crippen LogP contribution in [0.1, 0.15) is 61.1 Å². The Morgan fingerprint density at radius 1 is 1.10 bits per heavy atom. The van der Waals surface area contributed by atoms with E-state index < -0.39 is 17.7 Å². The summed E-state index contributed by atoms with van der Waals surface area (Å²) in [6.45, 7) is 3.69. The molecule has 1 aromatic heterocycles. The molecule has 0 spiro atoms. The number of aryl methyl sites for hydroxylation is 2. The van der Waals surface area contributed by atoms with Gasteiger partial charge in [0.25, 0.3) is 0 Å². The van der Waals surface area contributed by atoms with Gasteiger partial charge in [-0.25, -0.2) is 14.4 Å². The first kappa shape index (κ1) is 21.3. The van der Waals surface area contributed by atoms with Crippen LogP contribution < -0.4 is 5.32 Å². The zero-order valence-electron chi connectivity index (χ0n) is 17.8. The molecule has 2 aliphatic rings. The Morgan fingerprint density at radius 2 is 1.71 bits per heavy atom. The molecule has 2 atom stereocenters. The molecule has 2 fully saturated rings. The van der Waals surface area contributed by atoms with Crippen molar-refractivity contribution in [1.29, 1.82) is 0 Å². The fourth-order valence-corrected chi connectivity index (χ4v) is 4.93. The van der Waals surface area contributed by atoms with E-state index in [0.29, 0.717) is 17.0 Å². The third kappa shape index (κ3) is 4.40. The number of benzene rings is 1. The van der Waals surface area contributed by atoms with Crippen molar-refractivity contribution in [1.82, 2.24) is 15.3 Å². The number of carbonyl (C=O) groups excluding carboxylic acids is 3. The summed E-state index contributed by atoms with van der Waals surface area (Å²) in [6.07, 6.45) is 6.57. The highest BCUT2D eigenvalue weighted by Crippen LogP contribution is 2.38. The van der Waals surface area contributed by atoms with Crippen molar-refractivity contribution in [2.75, 3.05) is 0 Å². The lowest BCUT2D eigenvalue weighted by Gasteiger charge is -2.17. The van der Waals surface area contributed by atoms with Gasteiger partial charge in [-0.1, -0.05) is 12.8 Å². The van der Waals surface area contributed by atoms with Crippen molar-refractivity contribution in [3.63, 3.8) is 0 Å². The van der Waals surface area contributed by atoms with Crippen LogP contribution in [0, 0.1) is 25.6 Å². The van der Waals surface area contributed by atoms with Crippen molar-refractivity contribution in [2.45, 2.75) is 64.3 Å². The lowest BCUT2D eigenvalue weighted by atomic mass is 9.86. The molecule has 162 valence electrons. The molecule has 2 aromatic rings. The molecule has 6 nitrogen and oxygen atoms in total. The van der Waals surface area contributed by atoms with Gasteiger partial charge in [-0.15, -0.1) is 0 Å². The summed E-state index contributed by atoms with van der Waals surface area (Å²) in [5.74, 6) is -2.01.